The van der Waals surface area contributed by atoms with E-state index in [1.165, 1.54) is 0 Å². The van der Waals surface area contributed by atoms with Gasteiger partial charge in [0, 0.05) is 0 Å². The van der Waals surface area contributed by atoms with Gasteiger partial charge in [0.05, 0.1) is 0 Å². The van der Waals surface area contributed by atoms with Crippen LogP contribution in [0.5, 0.6) is 0 Å². The highest BCUT2D eigenvalue weighted by Gasteiger charge is 1.76. The topological polar surface area (TPSA) is 57.2 Å². The molecule has 4 nitrogen and oxygen atoms in total. The van der Waals surface area contributed by atoms with Crippen LogP contribution in [-0.4, -0.2) is 11.6 Å². The maximum absolute atomic E-state index is 9.51. The normalized spacial score (nSPS) is 8.62. The van der Waals surface area contributed by atoms with Gasteiger partial charge in [0.15, 0.2) is 0 Å². The zero-order valence-corrected chi connectivity index (χ0v) is 4.83. The number of unbranched alkanes of at least 4 members (excludes halogenated alkanes) is 1. The highest BCUT2D eigenvalue weighted by atomic mass is 16.7. The zero-order valence-electron chi connectivity index (χ0n) is 4.83. The molecular weight excluding hydrogens is 108 g/mol. The molecule has 0 spiro atoms. The Kier molecular flexibility index (Phi) is 3.93. The van der Waals surface area contributed by atoms with Gasteiger partial charge in [0.1, 0.15) is 0 Å². The third kappa shape index (κ3) is 5.20. The molecular formula is C4H9N2O2-. The number of nitro groups is 1. The molecule has 0 aliphatic carbocycles. The van der Waals surface area contributed by atoms with Crippen LogP contribution < -0.4 is 0 Å². The summed E-state index contributed by atoms with van der Waals surface area (Å²) in [6.45, 7) is 2.32. The first kappa shape index (κ1) is 7.20. The Bertz CT molecular complexity index is 74.4. The van der Waals surface area contributed by atoms with Gasteiger partial charge >= 0.3 is 0 Å². The summed E-state index contributed by atoms with van der Waals surface area (Å²) in [6, 6.07) is 0. The van der Waals surface area contributed by atoms with E-state index in [2.05, 4.69) is 5.43 Å². The molecule has 0 aliphatic heterocycles. The van der Waals surface area contributed by atoms with Crippen molar-refractivity contribution < 1.29 is 5.03 Å². The number of nitrogens with zero attached hydrogens (tertiary/aromatic N) is 2. The molecule has 4 heteroatoms. The minimum Gasteiger partial charge on any atom is -0.379 e. The number of hydrogen-bond acceptors (Lipinski definition) is 2. The predicted octanol–water partition coefficient (Wildman–Crippen LogP) is 1.35. The fourth-order valence-corrected chi connectivity index (χ4v) is 0.310. The lowest BCUT2D eigenvalue weighted by molar-refractivity contribution is -0.426. The van der Waals surface area contributed by atoms with Crippen molar-refractivity contribution in [3.05, 3.63) is 15.5 Å². The van der Waals surface area contributed by atoms with Crippen LogP contribution >= 0.6 is 0 Å². The van der Waals surface area contributed by atoms with Crippen LogP contribution in [0.3, 0.4) is 0 Å². The summed E-state index contributed by atoms with van der Waals surface area (Å²) in [5.74, 6) is 0. The minimum atomic E-state index is -0.643. The summed E-state index contributed by atoms with van der Waals surface area (Å²) >= 11 is 0. The van der Waals surface area contributed by atoms with E-state index >= 15 is 0 Å². The van der Waals surface area contributed by atoms with Gasteiger partial charge < -0.3 is 5.43 Å². The molecule has 0 aromatic carbocycles. The van der Waals surface area contributed by atoms with E-state index in [-0.39, 0.29) is 0 Å². The largest absolute Gasteiger partial charge is 0.379 e. The average Bonchev–Trinajstić information content (AvgIpc) is 1.66. The molecule has 0 heterocycles. The molecule has 0 N–H and O–H groups in total. The lowest BCUT2D eigenvalue weighted by atomic mass is 10.3. The van der Waals surface area contributed by atoms with Crippen molar-refractivity contribution >= 4 is 0 Å². The minimum absolute atomic E-state index is 0.351. The fraction of sp³-hybridized carbons (Fsp3) is 1.00. The maximum atomic E-state index is 9.51. The van der Waals surface area contributed by atoms with E-state index in [1.807, 2.05) is 6.92 Å². The van der Waals surface area contributed by atoms with Gasteiger partial charge in [-0.2, -0.15) is 0 Å². The van der Waals surface area contributed by atoms with Crippen molar-refractivity contribution in [2.45, 2.75) is 19.8 Å². The first-order valence-corrected chi connectivity index (χ1v) is 2.59. The van der Waals surface area contributed by atoms with E-state index in [0.29, 0.717) is 6.54 Å². The molecule has 0 aromatic rings. The Balaban J connectivity index is 2.82. The summed E-state index contributed by atoms with van der Waals surface area (Å²) in [5, 5.41) is 8.87. The van der Waals surface area contributed by atoms with Gasteiger partial charge in [-0.25, -0.2) is 0 Å². The molecule has 0 rings (SSSR count). The summed E-state index contributed by atoms with van der Waals surface area (Å²) in [6.07, 6.45) is 1.76. The second-order valence-electron chi connectivity index (χ2n) is 1.46. The van der Waals surface area contributed by atoms with Crippen LogP contribution in [0.25, 0.3) is 5.43 Å². The van der Waals surface area contributed by atoms with Crippen molar-refractivity contribution in [3.63, 3.8) is 0 Å². The van der Waals surface area contributed by atoms with Gasteiger partial charge in [0.2, 0.25) is 0 Å². The monoisotopic (exact) mass is 117 g/mol. The average molecular weight is 117 g/mol. The smallest absolute Gasteiger partial charge is 0.0127 e. The van der Waals surface area contributed by atoms with Gasteiger partial charge in [0.25, 0.3) is 0 Å². The molecule has 0 saturated carbocycles. The Morgan fingerprint density at radius 1 is 1.75 bits per heavy atom. The van der Waals surface area contributed by atoms with Crippen molar-refractivity contribution in [1.82, 2.24) is 0 Å². The van der Waals surface area contributed by atoms with Crippen LogP contribution in [0.2, 0.25) is 0 Å². The molecule has 0 aromatic heterocycles. The van der Waals surface area contributed by atoms with Crippen molar-refractivity contribution in [2.24, 2.45) is 0 Å². The lowest BCUT2D eigenvalue weighted by Crippen LogP contribution is -1.92. The Labute approximate surface area is 48.0 Å². The molecule has 0 saturated heterocycles. The van der Waals surface area contributed by atoms with Gasteiger partial charge in [-0.15, -0.1) is 0 Å². The Morgan fingerprint density at radius 2 is 2.38 bits per heavy atom. The van der Waals surface area contributed by atoms with Crippen molar-refractivity contribution in [2.75, 3.05) is 6.54 Å². The van der Waals surface area contributed by atoms with Gasteiger partial charge in [-0.1, -0.05) is 26.3 Å². The second-order valence-corrected chi connectivity index (χ2v) is 1.46. The molecule has 48 valence electrons. The molecule has 0 unspecified atom stereocenters. The van der Waals surface area contributed by atoms with Crippen LogP contribution in [0.1, 0.15) is 19.8 Å². The van der Waals surface area contributed by atoms with E-state index in [1.54, 1.807) is 0 Å². The SMILES string of the molecule is CCCC[N-][N+](=O)[O-]. The Hall–Kier alpha value is -0.800. The molecule has 0 radical (unpaired) electrons. The molecule has 0 aliphatic rings. The molecule has 8 heavy (non-hydrogen) atoms. The maximum Gasteiger partial charge on any atom is -0.0127 e. The fourth-order valence-electron chi connectivity index (χ4n) is 0.310. The van der Waals surface area contributed by atoms with Crippen LogP contribution in [0, 0.1) is 10.1 Å². The predicted molar refractivity (Wildman–Crippen MR) is 30.1 cm³/mol. The highest BCUT2D eigenvalue weighted by Crippen LogP contribution is 1.92. The first-order chi connectivity index (χ1) is 3.77. The third-order valence-electron chi connectivity index (χ3n) is 0.727. The van der Waals surface area contributed by atoms with E-state index in [4.69, 9.17) is 0 Å². The van der Waals surface area contributed by atoms with Crippen molar-refractivity contribution in [1.29, 1.82) is 0 Å². The van der Waals surface area contributed by atoms with E-state index in [9.17, 15) is 10.1 Å². The van der Waals surface area contributed by atoms with Crippen LogP contribution in [-0.2, 0) is 0 Å². The standard InChI is InChI=1S/C4H9N2O2/c1-2-3-4-5-6(7)8/h2-4H2,1H3/q-1. The van der Waals surface area contributed by atoms with Crippen LogP contribution in [0.4, 0.5) is 0 Å². The van der Waals surface area contributed by atoms with Gasteiger partial charge in [-0.3, -0.25) is 10.1 Å². The molecule has 0 atom stereocenters. The molecule has 0 fully saturated rings. The van der Waals surface area contributed by atoms with Crippen molar-refractivity contribution in [3.8, 4) is 0 Å². The zero-order chi connectivity index (χ0) is 6.41. The molecule has 0 amide bonds. The third-order valence-corrected chi connectivity index (χ3v) is 0.727. The summed E-state index contributed by atoms with van der Waals surface area (Å²) in [7, 11) is 0. The van der Waals surface area contributed by atoms with E-state index < -0.39 is 5.03 Å². The highest BCUT2D eigenvalue weighted by molar-refractivity contribution is 4.58. The summed E-state index contributed by atoms with van der Waals surface area (Å²) in [4.78, 5) is 9.51. The Morgan fingerprint density at radius 3 is 2.75 bits per heavy atom. The van der Waals surface area contributed by atoms with Crippen LogP contribution in [0.15, 0.2) is 0 Å². The number of rotatable bonds is 4. The summed E-state index contributed by atoms with van der Waals surface area (Å²) in [5.41, 5.74) is 3.04. The van der Waals surface area contributed by atoms with E-state index in [0.717, 1.165) is 12.8 Å². The summed E-state index contributed by atoms with van der Waals surface area (Å²) < 4.78 is 0. The quantitative estimate of drug-likeness (QED) is 0.317. The second kappa shape index (κ2) is 4.36. The number of hydrogen-bond donors (Lipinski definition) is 0. The molecule has 0 bridgehead atoms. The first-order valence-electron chi connectivity index (χ1n) is 2.59. The van der Waals surface area contributed by atoms with Gasteiger partial charge in [-0.05, 0) is 5.03 Å². The lowest BCUT2D eigenvalue weighted by Gasteiger charge is -2.05.